The first-order chi connectivity index (χ1) is 20.6. The molecular weight excluding hydrogens is 540 g/mol. The number of aliphatic hydroxyl groups is 3. The third kappa shape index (κ3) is 11.2. The SMILES string of the molecule is CC(C)C[C@H](O)[C@H](O)[C@H](CC1CCCCC1)NC(=O)[C@@H](CC(=O)N(Cc1ccccc1)CC1(O)CCCCC1)CC1CC1. The molecule has 3 fully saturated rings. The molecule has 4 N–H and O–H groups in total. The lowest BCUT2D eigenvalue weighted by Crippen LogP contribution is -2.52. The van der Waals surface area contributed by atoms with Gasteiger partial charge in [0.1, 0.15) is 6.10 Å². The molecule has 1 aromatic carbocycles. The van der Waals surface area contributed by atoms with Crippen molar-refractivity contribution >= 4 is 11.8 Å². The smallest absolute Gasteiger partial charge is 0.223 e. The molecule has 1 aromatic rings. The number of nitrogens with one attached hydrogen (secondary N) is 1. The molecule has 7 nitrogen and oxygen atoms in total. The van der Waals surface area contributed by atoms with Crippen molar-refractivity contribution in [1.82, 2.24) is 10.2 Å². The van der Waals surface area contributed by atoms with Crippen LogP contribution in [-0.2, 0) is 16.1 Å². The Labute approximate surface area is 259 Å². The Balaban J connectivity index is 1.48. The van der Waals surface area contributed by atoms with Gasteiger partial charge < -0.3 is 25.5 Å². The molecule has 3 aliphatic carbocycles. The number of carbonyl (C=O) groups is 2. The maximum atomic E-state index is 14.0. The van der Waals surface area contributed by atoms with Crippen molar-refractivity contribution in [2.45, 2.75) is 147 Å². The lowest BCUT2D eigenvalue weighted by molar-refractivity contribution is -0.141. The zero-order valence-electron chi connectivity index (χ0n) is 26.8. The zero-order chi connectivity index (χ0) is 30.8. The van der Waals surface area contributed by atoms with Crippen LogP contribution in [0, 0.1) is 23.7 Å². The van der Waals surface area contributed by atoms with E-state index in [1.807, 2.05) is 44.2 Å². The summed E-state index contributed by atoms with van der Waals surface area (Å²) in [5.74, 6) is 0.303. The van der Waals surface area contributed by atoms with Gasteiger partial charge in [-0.25, -0.2) is 0 Å². The minimum atomic E-state index is -1.04. The first-order valence-electron chi connectivity index (χ1n) is 17.3. The summed E-state index contributed by atoms with van der Waals surface area (Å²) < 4.78 is 0. The summed E-state index contributed by atoms with van der Waals surface area (Å²) in [6.45, 7) is 4.73. The quantitative estimate of drug-likeness (QED) is 0.194. The van der Waals surface area contributed by atoms with Gasteiger partial charge in [-0.3, -0.25) is 9.59 Å². The number of benzene rings is 1. The summed E-state index contributed by atoms with van der Waals surface area (Å²) in [5.41, 5.74) is 0.117. The molecule has 3 aliphatic rings. The first-order valence-corrected chi connectivity index (χ1v) is 17.3. The standard InChI is InChI=1S/C36H58N2O5/c1-26(2)20-32(39)34(41)31(22-27-12-6-3-7-13-27)37-35(42)30(21-28-16-17-28)23-33(40)38(24-29-14-8-4-9-15-29)25-36(43)18-10-5-11-19-36/h4,8-9,14-15,26-28,30-32,34,39,41,43H,3,5-7,10-13,16-25H2,1-2H3,(H,37,42)/t30-,31+,32+,34-/m1/s1. The van der Waals surface area contributed by atoms with Gasteiger partial charge in [-0.05, 0) is 55.4 Å². The van der Waals surface area contributed by atoms with Crippen molar-refractivity contribution in [3.05, 3.63) is 35.9 Å². The monoisotopic (exact) mass is 598 g/mol. The van der Waals surface area contributed by atoms with E-state index in [0.29, 0.717) is 50.5 Å². The normalized spacial score (nSPS) is 22.0. The number of aliphatic hydroxyl groups excluding tert-OH is 2. The molecule has 7 heteroatoms. The molecule has 43 heavy (non-hydrogen) atoms. The van der Waals surface area contributed by atoms with Crippen LogP contribution in [0.2, 0.25) is 0 Å². The van der Waals surface area contributed by atoms with E-state index < -0.39 is 29.8 Å². The Morgan fingerprint density at radius 2 is 1.53 bits per heavy atom. The Bertz CT molecular complexity index is 985. The second-order valence-electron chi connectivity index (χ2n) is 14.6. The maximum absolute atomic E-state index is 14.0. The van der Waals surface area contributed by atoms with Gasteiger partial charge >= 0.3 is 0 Å². The van der Waals surface area contributed by atoms with Gasteiger partial charge in [-0.2, -0.15) is 0 Å². The van der Waals surface area contributed by atoms with Crippen molar-refractivity contribution in [2.24, 2.45) is 23.7 Å². The van der Waals surface area contributed by atoms with Crippen LogP contribution in [0.25, 0.3) is 0 Å². The number of rotatable bonds is 16. The number of nitrogens with zero attached hydrogens (tertiary/aromatic N) is 1. The molecule has 4 atom stereocenters. The molecule has 0 aliphatic heterocycles. The Morgan fingerprint density at radius 1 is 0.907 bits per heavy atom. The van der Waals surface area contributed by atoms with E-state index in [2.05, 4.69) is 5.32 Å². The van der Waals surface area contributed by atoms with Crippen LogP contribution in [0.15, 0.2) is 30.3 Å². The zero-order valence-corrected chi connectivity index (χ0v) is 26.8. The summed E-state index contributed by atoms with van der Waals surface area (Å²) in [4.78, 5) is 29.7. The van der Waals surface area contributed by atoms with Crippen LogP contribution in [0.5, 0.6) is 0 Å². The van der Waals surface area contributed by atoms with Crippen molar-refractivity contribution in [1.29, 1.82) is 0 Å². The van der Waals surface area contributed by atoms with E-state index in [1.165, 1.54) is 19.3 Å². The van der Waals surface area contributed by atoms with E-state index in [4.69, 9.17) is 0 Å². The highest BCUT2D eigenvalue weighted by atomic mass is 16.3. The predicted octanol–water partition coefficient (Wildman–Crippen LogP) is 5.74. The van der Waals surface area contributed by atoms with Gasteiger partial charge in [0.25, 0.3) is 0 Å². The van der Waals surface area contributed by atoms with Gasteiger partial charge in [0, 0.05) is 25.4 Å². The minimum Gasteiger partial charge on any atom is -0.390 e. The Morgan fingerprint density at radius 3 is 2.16 bits per heavy atom. The van der Waals surface area contributed by atoms with Crippen LogP contribution in [0.3, 0.4) is 0 Å². The summed E-state index contributed by atoms with van der Waals surface area (Å²) >= 11 is 0. The lowest BCUT2D eigenvalue weighted by atomic mass is 9.82. The highest BCUT2D eigenvalue weighted by Gasteiger charge is 2.38. The Kier molecular flexibility index (Phi) is 12.9. The highest BCUT2D eigenvalue weighted by molar-refractivity contribution is 5.86. The van der Waals surface area contributed by atoms with Crippen molar-refractivity contribution in [3.8, 4) is 0 Å². The molecular formula is C36H58N2O5. The second-order valence-corrected chi connectivity index (χ2v) is 14.6. The number of hydrogen-bond acceptors (Lipinski definition) is 5. The molecule has 2 amide bonds. The molecule has 0 bridgehead atoms. The number of amides is 2. The van der Waals surface area contributed by atoms with Crippen molar-refractivity contribution in [2.75, 3.05) is 6.54 Å². The number of hydrogen-bond donors (Lipinski definition) is 4. The van der Waals surface area contributed by atoms with Crippen LogP contribution in [0.4, 0.5) is 0 Å². The van der Waals surface area contributed by atoms with E-state index in [-0.39, 0.29) is 30.7 Å². The van der Waals surface area contributed by atoms with E-state index >= 15 is 0 Å². The average molecular weight is 599 g/mol. The third-order valence-electron chi connectivity index (χ3n) is 10.1. The third-order valence-corrected chi connectivity index (χ3v) is 10.1. The van der Waals surface area contributed by atoms with Crippen molar-refractivity contribution in [3.63, 3.8) is 0 Å². The molecule has 0 radical (unpaired) electrons. The fourth-order valence-electron chi connectivity index (χ4n) is 7.40. The first kappa shape index (κ1) is 33.9. The van der Waals surface area contributed by atoms with Gasteiger partial charge in [0.2, 0.25) is 11.8 Å². The Hall–Kier alpha value is -1.96. The maximum Gasteiger partial charge on any atom is 0.223 e. The van der Waals surface area contributed by atoms with E-state index in [9.17, 15) is 24.9 Å². The summed E-state index contributed by atoms with van der Waals surface area (Å²) in [6, 6.07) is 9.34. The van der Waals surface area contributed by atoms with E-state index in [1.54, 1.807) is 4.90 Å². The summed E-state index contributed by atoms with van der Waals surface area (Å²) in [7, 11) is 0. The molecule has 3 saturated carbocycles. The molecule has 0 heterocycles. The lowest BCUT2D eigenvalue weighted by Gasteiger charge is -2.37. The van der Waals surface area contributed by atoms with E-state index in [0.717, 1.165) is 50.5 Å². The van der Waals surface area contributed by atoms with Gasteiger partial charge in [0.15, 0.2) is 0 Å². The topological polar surface area (TPSA) is 110 Å². The second kappa shape index (κ2) is 16.4. The van der Waals surface area contributed by atoms with Gasteiger partial charge in [0.05, 0.1) is 17.7 Å². The molecule has 0 aromatic heterocycles. The van der Waals surface area contributed by atoms with Gasteiger partial charge in [-0.1, -0.05) is 108 Å². The summed E-state index contributed by atoms with van der Waals surface area (Å²) in [5, 5.41) is 36.7. The molecule has 0 unspecified atom stereocenters. The fourth-order valence-corrected chi connectivity index (χ4v) is 7.40. The van der Waals surface area contributed by atoms with Crippen LogP contribution >= 0.6 is 0 Å². The average Bonchev–Trinajstić information content (AvgIpc) is 3.81. The largest absolute Gasteiger partial charge is 0.390 e. The summed E-state index contributed by atoms with van der Waals surface area (Å²) in [6.07, 6.45) is 12.2. The molecule has 0 spiro atoms. The van der Waals surface area contributed by atoms with Gasteiger partial charge in [-0.15, -0.1) is 0 Å². The highest BCUT2D eigenvalue weighted by Crippen LogP contribution is 2.37. The number of carbonyl (C=O) groups excluding carboxylic acids is 2. The van der Waals surface area contributed by atoms with Crippen molar-refractivity contribution < 1.29 is 24.9 Å². The fraction of sp³-hybridized carbons (Fsp3) is 0.778. The van der Waals surface area contributed by atoms with Crippen LogP contribution in [0.1, 0.15) is 122 Å². The van der Waals surface area contributed by atoms with Crippen LogP contribution in [-0.4, -0.2) is 62.4 Å². The minimum absolute atomic E-state index is 0.0893. The molecule has 4 rings (SSSR count). The predicted molar refractivity (Wildman–Crippen MR) is 170 cm³/mol. The molecule has 242 valence electrons. The molecule has 0 saturated heterocycles. The van der Waals surface area contributed by atoms with Crippen LogP contribution < -0.4 is 5.32 Å².